The molecule has 1 aliphatic carbocycles. The minimum Gasteiger partial charge on any atom is -0.444 e. The normalized spacial score (nSPS) is 15.9. The number of aromatic nitrogens is 2. The molecule has 1 N–H and O–H groups in total. The lowest BCUT2D eigenvalue weighted by molar-refractivity contribution is 0.0634. The third kappa shape index (κ3) is 3.39. The Hall–Kier alpha value is -2.27. The molecule has 2 rings (SSSR count). The monoisotopic (exact) mass is 276 g/mol. The van der Waals surface area contributed by atoms with E-state index in [0.717, 1.165) is 18.4 Å². The summed E-state index contributed by atoms with van der Waals surface area (Å²) in [6.45, 7) is 5.31. The summed E-state index contributed by atoms with van der Waals surface area (Å²) < 4.78 is 5.09. The predicted molar refractivity (Wildman–Crippen MR) is 70.9 cm³/mol. The highest BCUT2D eigenvalue weighted by Gasteiger charge is 2.45. The van der Waals surface area contributed by atoms with E-state index < -0.39 is 17.2 Å². The van der Waals surface area contributed by atoms with Gasteiger partial charge in [-0.05, 0) is 33.6 Å². The van der Waals surface area contributed by atoms with Crippen molar-refractivity contribution in [3.05, 3.63) is 18.0 Å². The number of hydrogen-bond donors (Lipinski definition) is 1. The van der Waals surface area contributed by atoms with Gasteiger partial charge < -0.3 is 4.74 Å². The average Bonchev–Trinajstić information content (AvgIpc) is 3.09. The Bertz CT molecular complexity index is 552. The number of ether oxygens (including phenoxy) is 1. The number of nitrogens with one attached hydrogen (secondary N) is 1. The minimum absolute atomic E-state index is 0.147. The second-order valence-electron chi connectivity index (χ2n) is 5.66. The molecule has 1 fully saturated rings. The molecule has 106 valence electrons. The number of carbonyl (C=O) groups is 1. The Morgan fingerprint density at radius 3 is 2.45 bits per heavy atom. The largest absolute Gasteiger partial charge is 0.444 e. The second-order valence-corrected chi connectivity index (χ2v) is 5.66. The lowest BCUT2D eigenvalue weighted by Crippen LogP contribution is -2.27. The van der Waals surface area contributed by atoms with E-state index in [2.05, 4.69) is 20.3 Å². The van der Waals surface area contributed by atoms with Crippen LogP contribution in [0.25, 0.3) is 0 Å². The summed E-state index contributed by atoms with van der Waals surface area (Å²) in [6.07, 6.45) is 5.62. The van der Waals surface area contributed by atoms with Crippen LogP contribution in [0.4, 0.5) is 10.7 Å². The maximum absolute atomic E-state index is 11.5. The number of nitrogens with zero attached hydrogens (tertiary/aromatic N) is 3. The number of hydrogen-bond acceptors (Lipinski definition) is 6. The van der Waals surface area contributed by atoms with Crippen LogP contribution in [-0.2, 0) is 15.1 Å². The Morgan fingerprint density at radius 2 is 2.00 bits per heavy atom. The third-order valence-electron chi connectivity index (χ3n) is 2.79. The summed E-state index contributed by atoms with van der Waals surface area (Å²) in [4.78, 5) is 33.7. The standard InChI is InChI=1S/C13H16N4O3/c1-12(2,3)20-11(19)17-10-14-6-9(7-15-10)13(4-5-13)16-8-18/h6-7H,4-5H2,1-3H3,(H,14,15,17,19). The van der Waals surface area contributed by atoms with E-state index in [9.17, 15) is 9.59 Å². The predicted octanol–water partition coefficient (Wildman–Crippen LogP) is 2.15. The maximum Gasteiger partial charge on any atom is 0.414 e. The fourth-order valence-corrected chi connectivity index (χ4v) is 1.70. The van der Waals surface area contributed by atoms with Crippen molar-refractivity contribution >= 4 is 18.1 Å². The van der Waals surface area contributed by atoms with Gasteiger partial charge in [-0.25, -0.2) is 19.6 Å². The van der Waals surface area contributed by atoms with Crippen LogP contribution < -0.4 is 5.32 Å². The SMILES string of the molecule is CC(C)(C)OC(=O)Nc1ncc(C2(N=C=O)CC2)cn1. The van der Waals surface area contributed by atoms with Crippen LogP contribution in [0.2, 0.25) is 0 Å². The summed E-state index contributed by atoms with van der Waals surface area (Å²) in [7, 11) is 0. The van der Waals surface area contributed by atoms with Crippen LogP contribution in [0, 0.1) is 0 Å². The van der Waals surface area contributed by atoms with Gasteiger partial charge in [0.2, 0.25) is 12.0 Å². The van der Waals surface area contributed by atoms with Gasteiger partial charge in [0.1, 0.15) is 11.1 Å². The summed E-state index contributed by atoms with van der Waals surface area (Å²) in [5, 5.41) is 2.44. The zero-order valence-electron chi connectivity index (χ0n) is 11.6. The lowest BCUT2D eigenvalue weighted by atomic mass is 10.1. The summed E-state index contributed by atoms with van der Waals surface area (Å²) >= 11 is 0. The zero-order valence-corrected chi connectivity index (χ0v) is 11.6. The van der Waals surface area contributed by atoms with Gasteiger partial charge in [0.15, 0.2) is 0 Å². The number of carbonyl (C=O) groups excluding carboxylic acids is 2. The van der Waals surface area contributed by atoms with Crippen molar-refractivity contribution in [2.75, 3.05) is 5.32 Å². The summed E-state index contributed by atoms with van der Waals surface area (Å²) in [5.41, 5.74) is -0.344. The molecule has 1 amide bonds. The number of anilines is 1. The van der Waals surface area contributed by atoms with Crippen LogP contribution in [0.3, 0.4) is 0 Å². The van der Waals surface area contributed by atoms with Crippen LogP contribution in [0.5, 0.6) is 0 Å². The van der Waals surface area contributed by atoms with Crippen molar-refractivity contribution in [1.29, 1.82) is 0 Å². The molecule has 0 atom stereocenters. The van der Waals surface area contributed by atoms with E-state index in [1.807, 2.05) is 0 Å². The molecule has 1 aliphatic rings. The maximum atomic E-state index is 11.5. The lowest BCUT2D eigenvalue weighted by Gasteiger charge is -2.19. The molecule has 1 aromatic heterocycles. The van der Waals surface area contributed by atoms with E-state index in [1.54, 1.807) is 39.2 Å². The Morgan fingerprint density at radius 1 is 1.40 bits per heavy atom. The van der Waals surface area contributed by atoms with Crippen LogP contribution in [0.1, 0.15) is 39.2 Å². The third-order valence-corrected chi connectivity index (χ3v) is 2.79. The van der Waals surface area contributed by atoms with Crippen LogP contribution >= 0.6 is 0 Å². The zero-order chi connectivity index (χ0) is 14.8. The molecule has 7 nitrogen and oxygen atoms in total. The number of rotatable bonds is 3. The molecular weight excluding hydrogens is 260 g/mol. The molecule has 0 saturated heterocycles. The fraction of sp³-hybridized carbons (Fsp3) is 0.538. The molecule has 0 aromatic carbocycles. The van der Waals surface area contributed by atoms with Crippen molar-refractivity contribution < 1.29 is 14.3 Å². The molecule has 0 aliphatic heterocycles. The first-order valence-electron chi connectivity index (χ1n) is 6.26. The molecular formula is C13H16N4O3. The Labute approximate surface area is 116 Å². The van der Waals surface area contributed by atoms with Crippen molar-refractivity contribution in [3.8, 4) is 0 Å². The van der Waals surface area contributed by atoms with Gasteiger partial charge in [0.25, 0.3) is 0 Å². The van der Waals surface area contributed by atoms with Gasteiger partial charge in [0, 0.05) is 18.0 Å². The molecule has 1 saturated carbocycles. The van der Waals surface area contributed by atoms with Crippen molar-refractivity contribution in [2.24, 2.45) is 4.99 Å². The van der Waals surface area contributed by atoms with Crippen LogP contribution in [-0.4, -0.2) is 27.7 Å². The van der Waals surface area contributed by atoms with Crippen molar-refractivity contribution in [1.82, 2.24) is 9.97 Å². The van der Waals surface area contributed by atoms with E-state index in [1.165, 1.54) is 0 Å². The molecule has 1 heterocycles. The average molecular weight is 276 g/mol. The molecule has 0 unspecified atom stereocenters. The topological polar surface area (TPSA) is 93.5 Å². The molecule has 1 aromatic rings. The highest BCUT2D eigenvalue weighted by Crippen LogP contribution is 2.48. The van der Waals surface area contributed by atoms with Gasteiger partial charge in [-0.3, -0.25) is 5.32 Å². The Kier molecular flexibility index (Phi) is 3.55. The van der Waals surface area contributed by atoms with E-state index in [-0.39, 0.29) is 5.95 Å². The van der Waals surface area contributed by atoms with Gasteiger partial charge in [-0.1, -0.05) is 0 Å². The number of isocyanates is 1. The fourth-order valence-electron chi connectivity index (χ4n) is 1.70. The molecule has 0 bridgehead atoms. The first kappa shape index (κ1) is 14.1. The quantitative estimate of drug-likeness (QED) is 0.674. The first-order chi connectivity index (χ1) is 9.35. The molecule has 20 heavy (non-hydrogen) atoms. The first-order valence-corrected chi connectivity index (χ1v) is 6.26. The second kappa shape index (κ2) is 5.02. The van der Waals surface area contributed by atoms with Crippen molar-refractivity contribution in [3.63, 3.8) is 0 Å². The molecule has 7 heteroatoms. The highest BCUT2D eigenvalue weighted by molar-refractivity contribution is 5.82. The van der Waals surface area contributed by atoms with E-state index in [0.29, 0.717) is 0 Å². The number of aliphatic imine (C=N–C) groups is 1. The molecule has 0 radical (unpaired) electrons. The van der Waals surface area contributed by atoms with E-state index in [4.69, 9.17) is 4.74 Å². The van der Waals surface area contributed by atoms with E-state index >= 15 is 0 Å². The minimum atomic E-state index is -0.614. The summed E-state index contributed by atoms with van der Waals surface area (Å²) in [5.74, 6) is 0.147. The van der Waals surface area contributed by atoms with Crippen molar-refractivity contribution in [2.45, 2.75) is 44.8 Å². The molecule has 0 spiro atoms. The smallest absolute Gasteiger partial charge is 0.414 e. The Balaban J connectivity index is 2.02. The van der Waals surface area contributed by atoms with Gasteiger partial charge in [-0.2, -0.15) is 4.99 Å². The van der Waals surface area contributed by atoms with Crippen LogP contribution in [0.15, 0.2) is 17.4 Å². The van der Waals surface area contributed by atoms with Gasteiger partial charge in [0.05, 0.1) is 0 Å². The summed E-state index contributed by atoms with van der Waals surface area (Å²) in [6, 6.07) is 0. The number of amides is 1. The van der Waals surface area contributed by atoms with Gasteiger partial charge >= 0.3 is 6.09 Å². The van der Waals surface area contributed by atoms with Gasteiger partial charge in [-0.15, -0.1) is 0 Å². The highest BCUT2D eigenvalue weighted by atomic mass is 16.6.